The number of rotatable bonds is 2. The molecule has 4 nitrogen and oxygen atoms in total. The topological polar surface area (TPSA) is 50.8 Å². The quantitative estimate of drug-likeness (QED) is 0.598. The lowest BCUT2D eigenvalue weighted by Gasteiger charge is -1.88. The van der Waals surface area contributed by atoms with E-state index < -0.39 is 6.86 Å². The van der Waals surface area contributed by atoms with Crippen LogP contribution in [0.15, 0.2) is 6.33 Å². The zero-order valence-corrected chi connectivity index (χ0v) is 3.97. The predicted molar refractivity (Wildman–Crippen MR) is 23.0 cm³/mol. The lowest BCUT2D eigenvalue weighted by molar-refractivity contribution is 0.178. The van der Waals surface area contributed by atoms with Gasteiger partial charge in [0.05, 0.1) is 0 Å². The van der Waals surface area contributed by atoms with Gasteiger partial charge in [0.1, 0.15) is 6.33 Å². The number of hydrogen-bond acceptors (Lipinski definition) is 3. The standard InChI is InChI=1S/C3H4FN3O/c4-1-8-3-5-2-6-7-3/h2H,1H2,(H,5,6,7). The summed E-state index contributed by atoms with van der Waals surface area (Å²) in [5, 5.41) is 5.73. The third-order valence-electron chi connectivity index (χ3n) is 0.584. The molecule has 0 aliphatic rings. The van der Waals surface area contributed by atoms with Crippen LogP contribution in [0.3, 0.4) is 0 Å². The summed E-state index contributed by atoms with van der Waals surface area (Å²) in [6.45, 7) is -0.880. The highest BCUT2D eigenvalue weighted by molar-refractivity contribution is 4.83. The Balaban J connectivity index is 2.50. The van der Waals surface area contributed by atoms with Crippen LogP contribution >= 0.6 is 0 Å². The molecule has 0 saturated carbocycles. The summed E-state index contributed by atoms with van der Waals surface area (Å²) in [4.78, 5) is 3.48. The maximum Gasteiger partial charge on any atom is 0.314 e. The van der Waals surface area contributed by atoms with Crippen LogP contribution in [0.2, 0.25) is 0 Å². The summed E-state index contributed by atoms with van der Waals surface area (Å²) in [6.07, 6.45) is 1.24. The third kappa shape index (κ3) is 0.927. The molecular formula is C3H4FN3O. The van der Waals surface area contributed by atoms with Gasteiger partial charge >= 0.3 is 6.01 Å². The monoisotopic (exact) mass is 117 g/mol. The highest BCUT2D eigenvalue weighted by Crippen LogP contribution is 1.94. The first kappa shape index (κ1) is 5.02. The number of aromatic nitrogens is 3. The zero-order chi connectivity index (χ0) is 5.82. The molecule has 0 amide bonds. The van der Waals surface area contributed by atoms with E-state index in [2.05, 4.69) is 19.9 Å². The van der Waals surface area contributed by atoms with Gasteiger partial charge in [-0.2, -0.15) is 10.1 Å². The van der Waals surface area contributed by atoms with Crippen LogP contribution in [0.25, 0.3) is 0 Å². The van der Waals surface area contributed by atoms with Gasteiger partial charge in [0.15, 0.2) is 0 Å². The van der Waals surface area contributed by atoms with Crippen molar-refractivity contribution in [2.45, 2.75) is 0 Å². The number of nitrogens with one attached hydrogen (secondary N) is 1. The third-order valence-corrected chi connectivity index (χ3v) is 0.584. The number of aromatic amines is 1. The van der Waals surface area contributed by atoms with Gasteiger partial charge in [0, 0.05) is 0 Å². The van der Waals surface area contributed by atoms with Crippen molar-refractivity contribution in [3.8, 4) is 6.01 Å². The van der Waals surface area contributed by atoms with Crippen molar-refractivity contribution in [3.05, 3.63) is 6.33 Å². The molecule has 0 aromatic carbocycles. The smallest absolute Gasteiger partial charge is 0.314 e. The first-order chi connectivity index (χ1) is 3.93. The molecule has 0 unspecified atom stereocenters. The minimum atomic E-state index is -0.880. The van der Waals surface area contributed by atoms with Crippen molar-refractivity contribution >= 4 is 0 Å². The molecule has 0 saturated heterocycles. The molecule has 1 N–H and O–H groups in total. The highest BCUT2D eigenvalue weighted by atomic mass is 19.1. The maximum atomic E-state index is 11.2. The molecule has 8 heavy (non-hydrogen) atoms. The summed E-state index contributed by atoms with van der Waals surface area (Å²) in [5.74, 6) is 0. The Labute approximate surface area is 44.7 Å². The first-order valence-corrected chi connectivity index (χ1v) is 1.97. The molecule has 0 fully saturated rings. The molecule has 0 radical (unpaired) electrons. The summed E-state index contributed by atoms with van der Waals surface area (Å²) >= 11 is 0. The van der Waals surface area contributed by atoms with Crippen molar-refractivity contribution in [3.63, 3.8) is 0 Å². The molecule has 1 aromatic heterocycles. The Morgan fingerprint density at radius 2 is 2.75 bits per heavy atom. The van der Waals surface area contributed by atoms with Crippen LogP contribution < -0.4 is 4.74 Å². The normalized spacial score (nSPS) is 9.12. The van der Waals surface area contributed by atoms with Crippen LogP contribution in [0.5, 0.6) is 6.01 Å². The number of halogens is 1. The van der Waals surface area contributed by atoms with E-state index in [4.69, 9.17) is 0 Å². The summed E-state index contributed by atoms with van der Waals surface area (Å²) in [7, 11) is 0. The second-order valence-electron chi connectivity index (χ2n) is 1.04. The van der Waals surface area contributed by atoms with Crippen LogP contribution in [-0.4, -0.2) is 22.0 Å². The Bertz CT molecular complexity index is 140. The molecule has 5 heteroatoms. The van der Waals surface area contributed by atoms with E-state index in [1.54, 1.807) is 0 Å². The fourth-order valence-electron chi connectivity index (χ4n) is 0.315. The molecule has 0 aliphatic carbocycles. The van der Waals surface area contributed by atoms with Crippen molar-refractivity contribution in [2.75, 3.05) is 6.86 Å². The van der Waals surface area contributed by atoms with Crippen molar-refractivity contribution in [1.29, 1.82) is 0 Å². The fraction of sp³-hybridized carbons (Fsp3) is 0.333. The van der Waals surface area contributed by atoms with E-state index in [0.29, 0.717) is 0 Å². The molecule has 1 aromatic rings. The summed E-state index contributed by atoms with van der Waals surface area (Å²) < 4.78 is 15.5. The summed E-state index contributed by atoms with van der Waals surface area (Å²) in [5.41, 5.74) is 0. The van der Waals surface area contributed by atoms with Crippen LogP contribution in [0.4, 0.5) is 4.39 Å². The van der Waals surface area contributed by atoms with Crippen LogP contribution in [0.1, 0.15) is 0 Å². The molecule has 1 rings (SSSR count). The first-order valence-electron chi connectivity index (χ1n) is 1.97. The number of nitrogens with zero attached hydrogens (tertiary/aromatic N) is 2. The van der Waals surface area contributed by atoms with Crippen LogP contribution in [0, 0.1) is 0 Å². The Morgan fingerprint density at radius 1 is 1.88 bits per heavy atom. The Hall–Kier alpha value is -1.13. The average molecular weight is 117 g/mol. The van der Waals surface area contributed by atoms with E-state index in [1.165, 1.54) is 6.33 Å². The maximum absolute atomic E-state index is 11.2. The molecule has 0 bridgehead atoms. The van der Waals surface area contributed by atoms with E-state index in [9.17, 15) is 4.39 Å². The number of H-pyrrole nitrogens is 1. The summed E-state index contributed by atoms with van der Waals surface area (Å²) in [6, 6.07) is 0.104. The van der Waals surface area contributed by atoms with Gasteiger partial charge in [-0.1, -0.05) is 0 Å². The molecule has 0 aliphatic heterocycles. The van der Waals surface area contributed by atoms with Gasteiger partial charge in [-0.15, -0.1) is 0 Å². The molecular weight excluding hydrogens is 113 g/mol. The van der Waals surface area contributed by atoms with Crippen molar-refractivity contribution in [1.82, 2.24) is 15.2 Å². The molecule has 44 valence electrons. The van der Waals surface area contributed by atoms with E-state index in [0.717, 1.165) is 0 Å². The average Bonchev–Trinajstić information content (AvgIpc) is 2.19. The van der Waals surface area contributed by atoms with Gasteiger partial charge in [0.25, 0.3) is 0 Å². The van der Waals surface area contributed by atoms with Crippen molar-refractivity contribution in [2.24, 2.45) is 0 Å². The van der Waals surface area contributed by atoms with Gasteiger partial charge in [0.2, 0.25) is 6.86 Å². The Kier molecular flexibility index (Phi) is 1.41. The zero-order valence-electron chi connectivity index (χ0n) is 3.97. The van der Waals surface area contributed by atoms with E-state index in [1.807, 2.05) is 0 Å². The lowest BCUT2D eigenvalue weighted by atomic mass is 11.2. The molecule has 0 atom stereocenters. The van der Waals surface area contributed by atoms with Gasteiger partial charge in [-0.3, -0.25) is 0 Å². The van der Waals surface area contributed by atoms with Gasteiger partial charge in [-0.05, 0) is 0 Å². The van der Waals surface area contributed by atoms with E-state index >= 15 is 0 Å². The number of alkyl halides is 1. The number of ether oxygens (including phenoxy) is 1. The lowest BCUT2D eigenvalue weighted by Crippen LogP contribution is -1.90. The molecule has 0 spiro atoms. The van der Waals surface area contributed by atoms with Gasteiger partial charge in [-0.25, -0.2) is 9.49 Å². The van der Waals surface area contributed by atoms with Gasteiger partial charge < -0.3 is 4.74 Å². The SMILES string of the molecule is FCOc1ncn[nH]1. The minimum absolute atomic E-state index is 0.104. The Morgan fingerprint density at radius 3 is 3.25 bits per heavy atom. The van der Waals surface area contributed by atoms with Crippen LogP contribution in [-0.2, 0) is 0 Å². The molecule has 1 heterocycles. The largest absolute Gasteiger partial charge is 0.432 e. The van der Waals surface area contributed by atoms with E-state index in [-0.39, 0.29) is 6.01 Å². The van der Waals surface area contributed by atoms with Crippen molar-refractivity contribution < 1.29 is 9.13 Å². The minimum Gasteiger partial charge on any atom is -0.432 e. The predicted octanol–water partition coefficient (Wildman–Crippen LogP) is 0.110. The fourth-order valence-corrected chi connectivity index (χ4v) is 0.315. The number of hydrogen-bond donors (Lipinski definition) is 1. The second kappa shape index (κ2) is 2.25. The highest BCUT2D eigenvalue weighted by Gasteiger charge is 1.90. The second-order valence-corrected chi connectivity index (χ2v) is 1.04.